The van der Waals surface area contributed by atoms with Crippen LogP contribution in [0.25, 0.3) is 0 Å². The molecule has 1 saturated carbocycles. The summed E-state index contributed by atoms with van der Waals surface area (Å²) in [6.45, 7) is 4.40. The topological polar surface area (TPSA) is 64.4 Å². The monoisotopic (exact) mass is 250 g/mol. The molecule has 1 aliphatic carbocycles. The Kier molecular flexibility index (Phi) is 3.41. The van der Waals surface area contributed by atoms with Crippen LogP contribution >= 0.6 is 0 Å². The second-order valence-corrected chi connectivity index (χ2v) is 4.91. The van der Waals surface area contributed by atoms with E-state index in [2.05, 4.69) is 12.2 Å². The van der Waals surface area contributed by atoms with E-state index in [9.17, 15) is 10.1 Å². The number of hydrogen-bond acceptors (Lipinski definition) is 4. The number of nitro groups is 1. The number of hydrogen-bond donors (Lipinski definition) is 1. The van der Waals surface area contributed by atoms with Gasteiger partial charge in [0.1, 0.15) is 0 Å². The molecule has 98 valence electrons. The molecule has 0 aliphatic heterocycles. The van der Waals surface area contributed by atoms with E-state index in [0.717, 1.165) is 18.5 Å². The molecule has 0 unspecified atom stereocenters. The zero-order chi connectivity index (χ0) is 13.2. The third-order valence-electron chi connectivity index (χ3n) is 3.36. The van der Waals surface area contributed by atoms with E-state index >= 15 is 0 Å². The highest BCUT2D eigenvalue weighted by atomic mass is 16.6. The fraction of sp³-hybridized carbons (Fsp3) is 0.538. The number of ether oxygens (including phenoxy) is 1. The van der Waals surface area contributed by atoms with E-state index in [4.69, 9.17) is 4.74 Å². The van der Waals surface area contributed by atoms with Crippen molar-refractivity contribution < 1.29 is 9.66 Å². The molecule has 5 nitrogen and oxygen atoms in total. The minimum absolute atomic E-state index is 0.0150. The molecule has 5 heteroatoms. The maximum atomic E-state index is 10.9. The van der Waals surface area contributed by atoms with Crippen molar-refractivity contribution in [3.63, 3.8) is 0 Å². The molecule has 0 bridgehead atoms. The van der Waals surface area contributed by atoms with Crippen LogP contribution in [0.3, 0.4) is 0 Å². The predicted octanol–water partition coefficient (Wildman–Crippen LogP) is 3.35. The average molecular weight is 250 g/mol. The van der Waals surface area contributed by atoms with Crippen molar-refractivity contribution in [2.75, 3.05) is 11.9 Å². The maximum absolute atomic E-state index is 10.9. The van der Waals surface area contributed by atoms with Crippen molar-refractivity contribution in [3.05, 3.63) is 28.3 Å². The molecule has 1 aromatic carbocycles. The molecule has 0 heterocycles. The van der Waals surface area contributed by atoms with Gasteiger partial charge in [-0.25, -0.2) is 0 Å². The van der Waals surface area contributed by atoms with E-state index in [1.54, 1.807) is 12.1 Å². The minimum Gasteiger partial charge on any atom is -0.487 e. The summed E-state index contributed by atoms with van der Waals surface area (Å²) >= 11 is 0. The Balaban J connectivity index is 2.22. The molecule has 1 N–H and O–H groups in total. The van der Waals surface area contributed by atoms with Gasteiger partial charge in [0, 0.05) is 23.4 Å². The minimum atomic E-state index is -0.417. The number of nitro benzene ring substituents is 1. The molecule has 0 atom stereocenters. The summed E-state index contributed by atoms with van der Waals surface area (Å²) in [5, 5.41) is 14.3. The highest BCUT2D eigenvalue weighted by Crippen LogP contribution is 2.37. The highest BCUT2D eigenvalue weighted by molar-refractivity contribution is 5.59. The quantitative estimate of drug-likeness (QED) is 0.643. The van der Waals surface area contributed by atoms with Crippen molar-refractivity contribution >= 4 is 11.4 Å². The van der Waals surface area contributed by atoms with Crippen molar-refractivity contribution in [2.45, 2.75) is 38.6 Å². The van der Waals surface area contributed by atoms with Crippen molar-refractivity contribution in [1.29, 1.82) is 0 Å². The maximum Gasteiger partial charge on any atom is 0.311 e. The Morgan fingerprint density at radius 2 is 2.22 bits per heavy atom. The first-order chi connectivity index (χ1) is 8.54. The average Bonchev–Trinajstić information content (AvgIpc) is 2.27. The third-order valence-corrected chi connectivity index (χ3v) is 3.36. The van der Waals surface area contributed by atoms with E-state index in [0.29, 0.717) is 12.4 Å². The molecule has 0 aromatic heterocycles. The van der Waals surface area contributed by atoms with Gasteiger partial charge >= 0.3 is 5.69 Å². The smallest absolute Gasteiger partial charge is 0.311 e. The van der Waals surface area contributed by atoms with Gasteiger partial charge in [0.25, 0.3) is 0 Å². The van der Waals surface area contributed by atoms with Gasteiger partial charge in [-0.3, -0.25) is 10.1 Å². The van der Waals surface area contributed by atoms with E-state index in [1.165, 1.54) is 12.5 Å². The number of rotatable bonds is 5. The van der Waals surface area contributed by atoms with Gasteiger partial charge in [0.2, 0.25) is 0 Å². The summed E-state index contributed by atoms with van der Waals surface area (Å²) in [6.07, 6.45) is 3.50. The number of nitrogens with one attached hydrogen (secondary N) is 1. The van der Waals surface area contributed by atoms with E-state index in [1.807, 2.05) is 6.92 Å². The molecule has 0 amide bonds. The first-order valence-electron chi connectivity index (χ1n) is 6.23. The molecule has 18 heavy (non-hydrogen) atoms. The van der Waals surface area contributed by atoms with Crippen LogP contribution in [0.1, 0.15) is 33.1 Å². The Labute approximate surface area is 106 Å². The number of benzene rings is 1. The van der Waals surface area contributed by atoms with Gasteiger partial charge < -0.3 is 10.1 Å². The first kappa shape index (κ1) is 12.7. The Bertz CT molecular complexity index is 456. The molecular formula is C13H18N2O3. The lowest BCUT2D eigenvalue weighted by Gasteiger charge is -2.40. The van der Waals surface area contributed by atoms with Crippen molar-refractivity contribution in [3.8, 4) is 5.75 Å². The zero-order valence-electron chi connectivity index (χ0n) is 10.7. The number of anilines is 1. The molecule has 0 radical (unpaired) electrons. The Morgan fingerprint density at radius 3 is 2.72 bits per heavy atom. The summed E-state index contributed by atoms with van der Waals surface area (Å²) < 4.78 is 5.32. The Hall–Kier alpha value is -1.78. The lowest BCUT2D eigenvalue weighted by molar-refractivity contribution is -0.385. The van der Waals surface area contributed by atoms with Gasteiger partial charge in [0.15, 0.2) is 5.75 Å². The van der Waals surface area contributed by atoms with Gasteiger partial charge in [0.05, 0.1) is 11.5 Å². The van der Waals surface area contributed by atoms with Gasteiger partial charge in [-0.05, 0) is 39.2 Å². The fourth-order valence-electron chi connectivity index (χ4n) is 2.19. The molecular weight excluding hydrogens is 232 g/mol. The summed E-state index contributed by atoms with van der Waals surface area (Å²) in [6, 6.07) is 4.95. The summed E-state index contributed by atoms with van der Waals surface area (Å²) in [5.41, 5.74) is 1.02. The van der Waals surface area contributed by atoms with Crippen LogP contribution in [0, 0.1) is 10.1 Å². The summed E-state index contributed by atoms with van der Waals surface area (Å²) in [7, 11) is 0. The first-order valence-corrected chi connectivity index (χ1v) is 6.23. The van der Waals surface area contributed by atoms with Crippen LogP contribution in [0.5, 0.6) is 5.75 Å². The molecule has 1 fully saturated rings. The van der Waals surface area contributed by atoms with Crippen LogP contribution < -0.4 is 10.1 Å². The van der Waals surface area contributed by atoms with Crippen molar-refractivity contribution in [2.24, 2.45) is 0 Å². The highest BCUT2D eigenvalue weighted by Gasteiger charge is 2.31. The van der Waals surface area contributed by atoms with E-state index in [-0.39, 0.29) is 11.2 Å². The fourth-order valence-corrected chi connectivity index (χ4v) is 2.19. The van der Waals surface area contributed by atoms with Crippen LogP contribution in [-0.2, 0) is 0 Å². The summed E-state index contributed by atoms with van der Waals surface area (Å²) in [4.78, 5) is 10.4. The van der Waals surface area contributed by atoms with Crippen LogP contribution in [0.2, 0.25) is 0 Å². The largest absolute Gasteiger partial charge is 0.487 e. The normalized spacial score (nSPS) is 16.8. The lowest BCUT2D eigenvalue weighted by atomic mass is 9.78. The molecule has 1 aliphatic rings. The van der Waals surface area contributed by atoms with Gasteiger partial charge in [-0.15, -0.1) is 0 Å². The molecule has 2 rings (SSSR count). The SMILES string of the molecule is CCOc1cc(NC2(C)CCC2)ccc1[N+](=O)[O-]. The van der Waals surface area contributed by atoms with Crippen LogP contribution in [0.4, 0.5) is 11.4 Å². The standard InChI is InChI=1S/C13H18N2O3/c1-3-18-12-9-10(5-6-11(12)15(16)17)14-13(2)7-4-8-13/h5-6,9,14H,3-4,7-8H2,1-2H3. The third kappa shape index (κ3) is 2.55. The van der Waals surface area contributed by atoms with Gasteiger partial charge in [-0.1, -0.05) is 0 Å². The summed E-state index contributed by atoms with van der Waals surface area (Å²) in [5.74, 6) is 0.329. The molecule has 1 aromatic rings. The second-order valence-electron chi connectivity index (χ2n) is 4.91. The lowest BCUT2D eigenvalue weighted by Crippen LogP contribution is -2.41. The zero-order valence-corrected chi connectivity index (χ0v) is 10.7. The van der Waals surface area contributed by atoms with Gasteiger partial charge in [-0.2, -0.15) is 0 Å². The molecule has 0 spiro atoms. The molecule has 0 saturated heterocycles. The van der Waals surface area contributed by atoms with E-state index < -0.39 is 4.92 Å². The Morgan fingerprint density at radius 1 is 1.50 bits per heavy atom. The predicted molar refractivity (Wildman–Crippen MR) is 70.1 cm³/mol. The number of nitrogens with zero attached hydrogens (tertiary/aromatic N) is 1. The van der Waals surface area contributed by atoms with Crippen molar-refractivity contribution in [1.82, 2.24) is 0 Å². The van der Waals surface area contributed by atoms with Crippen LogP contribution in [-0.4, -0.2) is 17.1 Å². The second kappa shape index (κ2) is 4.84. The van der Waals surface area contributed by atoms with Crippen LogP contribution in [0.15, 0.2) is 18.2 Å².